The number of sulfonamides is 1. The second-order valence-corrected chi connectivity index (χ2v) is 9.43. The molecule has 1 fully saturated rings. The molecular formula is C21H22ClFN2O5S. The van der Waals surface area contributed by atoms with Crippen molar-refractivity contribution < 1.29 is 27.1 Å². The molecule has 0 spiro atoms. The van der Waals surface area contributed by atoms with Gasteiger partial charge in [-0.25, -0.2) is 17.6 Å². The van der Waals surface area contributed by atoms with E-state index in [-0.39, 0.29) is 27.8 Å². The standard InChI is InChI=1S/C21H22ClFN2O5S/c22-19-9-8-17(31(28,29)25-10-2-1-3-11-25)12-18(19)21(27)30-14-20(26)24-13-15-4-6-16(23)7-5-15/h4-9,12H,1-3,10-11,13-14H2,(H,24,26). The number of halogens is 2. The van der Waals surface area contributed by atoms with Crippen LogP contribution in [0.3, 0.4) is 0 Å². The molecule has 1 saturated heterocycles. The van der Waals surface area contributed by atoms with Crippen LogP contribution in [0.2, 0.25) is 5.02 Å². The Morgan fingerprint density at radius 3 is 2.42 bits per heavy atom. The highest BCUT2D eigenvalue weighted by molar-refractivity contribution is 7.89. The van der Waals surface area contributed by atoms with Gasteiger partial charge in [-0.15, -0.1) is 0 Å². The van der Waals surface area contributed by atoms with Crippen molar-refractivity contribution in [1.29, 1.82) is 0 Å². The normalized spacial score (nSPS) is 14.8. The number of nitrogens with zero attached hydrogens (tertiary/aromatic N) is 1. The maximum atomic E-state index is 12.9. The van der Waals surface area contributed by atoms with Gasteiger partial charge >= 0.3 is 5.97 Å². The number of hydrogen-bond acceptors (Lipinski definition) is 5. The van der Waals surface area contributed by atoms with Crippen LogP contribution >= 0.6 is 11.6 Å². The molecule has 0 atom stereocenters. The second kappa shape index (κ2) is 10.2. The number of carbonyl (C=O) groups is 2. The smallest absolute Gasteiger partial charge is 0.340 e. The molecule has 1 heterocycles. The van der Waals surface area contributed by atoms with Crippen molar-refractivity contribution >= 4 is 33.5 Å². The largest absolute Gasteiger partial charge is 0.452 e. The minimum atomic E-state index is -3.75. The van der Waals surface area contributed by atoms with E-state index in [1.54, 1.807) is 0 Å². The summed E-state index contributed by atoms with van der Waals surface area (Å²) in [6.07, 6.45) is 2.55. The number of piperidine rings is 1. The van der Waals surface area contributed by atoms with Crippen molar-refractivity contribution in [3.8, 4) is 0 Å². The maximum Gasteiger partial charge on any atom is 0.340 e. The number of nitrogens with one attached hydrogen (secondary N) is 1. The molecular weight excluding hydrogens is 447 g/mol. The van der Waals surface area contributed by atoms with Gasteiger partial charge in [0.15, 0.2) is 6.61 Å². The van der Waals surface area contributed by atoms with Gasteiger partial charge in [0, 0.05) is 19.6 Å². The van der Waals surface area contributed by atoms with Gasteiger partial charge < -0.3 is 10.1 Å². The third-order valence-electron chi connectivity index (χ3n) is 4.85. The molecule has 0 bridgehead atoms. The molecule has 0 aliphatic carbocycles. The topological polar surface area (TPSA) is 92.8 Å². The Balaban J connectivity index is 1.61. The summed E-state index contributed by atoms with van der Waals surface area (Å²) in [7, 11) is -3.75. The molecule has 2 aromatic carbocycles. The lowest BCUT2D eigenvalue weighted by atomic mass is 10.2. The molecule has 1 aliphatic heterocycles. The SMILES string of the molecule is O=C(COC(=O)c1cc(S(=O)(=O)N2CCCCC2)ccc1Cl)NCc1ccc(F)cc1. The number of ether oxygens (including phenoxy) is 1. The molecule has 2 aromatic rings. The van der Waals surface area contributed by atoms with Gasteiger partial charge in [-0.3, -0.25) is 4.79 Å². The first-order valence-electron chi connectivity index (χ1n) is 9.75. The Kier molecular flexibility index (Phi) is 7.64. The van der Waals surface area contributed by atoms with Crippen molar-refractivity contribution in [1.82, 2.24) is 9.62 Å². The minimum absolute atomic E-state index is 0.0225. The fourth-order valence-electron chi connectivity index (χ4n) is 3.14. The fourth-order valence-corrected chi connectivity index (χ4v) is 4.88. The lowest BCUT2D eigenvalue weighted by molar-refractivity contribution is -0.124. The summed E-state index contributed by atoms with van der Waals surface area (Å²) >= 11 is 6.06. The monoisotopic (exact) mass is 468 g/mol. The van der Waals surface area contributed by atoms with Crippen molar-refractivity contribution in [2.45, 2.75) is 30.7 Å². The average Bonchev–Trinajstić information content (AvgIpc) is 2.78. The minimum Gasteiger partial charge on any atom is -0.452 e. The van der Waals surface area contributed by atoms with E-state index in [4.69, 9.17) is 16.3 Å². The number of hydrogen-bond donors (Lipinski definition) is 1. The molecule has 10 heteroatoms. The van der Waals surface area contributed by atoms with Gasteiger partial charge in [0.25, 0.3) is 5.91 Å². The van der Waals surface area contributed by atoms with Crippen LogP contribution in [0.1, 0.15) is 35.2 Å². The van der Waals surface area contributed by atoms with Crippen LogP contribution in [0.5, 0.6) is 0 Å². The first-order chi connectivity index (χ1) is 14.8. The molecule has 166 valence electrons. The predicted octanol–water partition coefficient (Wildman–Crippen LogP) is 3.13. The van der Waals surface area contributed by atoms with Gasteiger partial charge in [-0.1, -0.05) is 30.2 Å². The van der Waals surface area contributed by atoms with Crippen molar-refractivity contribution in [3.63, 3.8) is 0 Å². The third-order valence-corrected chi connectivity index (χ3v) is 7.07. The molecule has 0 radical (unpaired) electrons. The Labute approximate surface area is 185 Å². The maximum absolute atomic E-state index is 12.9. The van der Waals surface area contributed by atoms with Crippen molar-refractivity contribution in [2.24, 2.45) is 0 Å². The van der Waals surface area contributed by atoms with Gasteiger partial charge in [0.2, 0.25) is 10.0 Å². The van der Waals surface area contributed by atoms with E-state index in [1.165, 1.54) is 46.8 Å². The summed E-state index contributed by atoms with van der Waals surface area (Å²) in [4.78, 5) is 24.3. The van der Waals surface area contributed by atoms with E-state index in [1.807, 2.05) is 0 Å². The molecule has 0 aromatic heterocycles. The number of esters is 1. The molecule has 1 N–H and O–H groups in total. The van der Waals surface area contributed by atoms with E-state index in [0.717, 1.165) is 19.3 Å². The quantitative estimate of drug-likeness (QED) is 0.630. The zero-order valence-corrected chi connectivity index (χ0v) is 18.2. The first kappa shape index (κ1) is 23.2. The van der Waals surface area contributed by atoms with Gasteiger partial charge in [-0.2, -0.15) is 4.31 Å². The summed E-state index contributed by atoms with van der Waals surface area (Å²) in [6, 6.07) is 9.43. The zero-order valence-electron chi connectivity index (χ0n) is 16.6. The van der Waals surface area contributed by atoms with E-state index >= 15 is 0 Å². The summed E-state index contributed by atoms with van der Waals surface area (Å²) in [5.41, 5.74) is 0.547. The molecule has 3 rings (SSSR count). The van der Waals surface area contributed by atoms with Gasteiger partial charge in [-0.05, 0) is 48.7 Å². The Hall–Kier alpha value is -2.49. The number of rotatable bonds is 7. The van der Waals surface area contributed by atoms with Crippen molar-refractivity contribution in [2.75, 3.05) is 19.7 Å². The summed E-state index contributed by atoms with van der Waals surface area (Å²) < 4.78 is 44.9. The summed E-state index contributed by atoms with van der Waals surface area (Å²) in [5.74, 6) is -1.85. The van der Waals surface area contributed by atoms with Crippen LogP contribution < -0.4 is 5.32 Å². The summed E-state index contributed by atoms with van der Waals surface area (Å²) in [6.45, 7) is 0.429. The number of amides is 1. The van der Waals surface area contributed by atoms with E-state index in [0.29, 0.717) is 18.7 Å². The van der Waals surface area contributed by atoms with Crippen molar-refractivity contribution in [3.05, 3.63) is 64.4 Å². The van der Waals surface area contributed by atoms with E-state index < -0.39 is 28.5 Å². The third kappa shape index (κ3) is 6.03. The Morgan fingerprint density at radius 2 is 1.74 bits per heavy atom. The Morgan fingerprint density at radius 1 is 1.06 bits per heavy atom. The van der Waals surface area contributed by atoms with Crippen LogP contribution in [0.25, 0.3) is 0 Å². The number of benzene rings is 2. The second-order valence-electron chi connectivity index (χ2n) is 7.09. The lowest BCUT2D eigenvalue weighted by Gasteiger charge is -2.26. The van der Waals surface area contributed by atoms with Crippen LogP contribution in [0.15, 0.2) is 47.4 Å². The highest BCUT2D eigenvalue weighted by atomic mass is 35.5. The summed E-state index contributed by atoms with van der Waals surface area (Å²) in [5, 5.41) is 2.57. The molecule has 0 unspecified atom stereocenters. The highest BCUT2D eigenvalue weighted by Crippen LogP contribution is 2.25. The predicted molar refractivity (Wildman–Crippen MR) is 113 cm³/mol. The zero-order chi connectivity index (χ0) is 22.4. The molecule has 31 heavy (non-hydrogen) atoms. The van der Waals surface area contributed by atoms with Gasteiger partial charge in [0.05, 0.1) is 15.5 Å². The first-order valence-corrected chi connectivity index (χ1v) is 11.6. The highest BCUT2D eigenvalue weighted by Gasteiger charge is 2.27. The van der Waals surface area contributed by atoms with Gasteiger partial charge in [0.1, 0.15) is 5.82 Å². The van der Waals surface area contributed by atoms with Crippen LogP contribution in [-0.4, -0.2) is 44.3 Å². The molecule has 1 amide bonds. The molecule has 0 saturated carbocycles. The average molecular weight is 469 g/mol. The van der Waals surface area contributed by atoms with Crippen LogP contribution in [-0.2, 0) is 26.1 Å². The molecule has 1 aliphatic rings. The fraction of sp³-hybridized carbons (Fsp3) is 0.333. The van der Waals surface area contributed by atoms with E-state index in [9.17, 15) is 22.4 Å². The van der Waals surface area contributed by atoms with Crippen LogP contribution in [0.4, 0.5) is 4.39 Å². The van der Waals surface area contributed by atoms with Crippen LogP contribution in [0, 0.1) is 5.82 Å². The molecule has 7 nitrogen and oxygen atoms in total. The Bertz CT molecular complexity index is 1050. The lowest BCUT2D eigenvalue weighted by Crippen LogP contribution is -2.35. The number of carbonyl (C=O) groups excluding carboxylic acids is 2. The van der Waals surface area contributed by atoms with E-state index in [2.05, 4.69) is 5.32 Å².